The Kier molecular flexibility index (Phi) is 19.2. The molecule has 388 valence electrons. The second kappa shape index (κ2) is 25.9. The summed E-state index contributed by atoms with van der Waals surface area (Å²) in [7, 11) is 3.06. The second-order valence-electron chi connectivity index (χ2n) is 17.9. The Morgan fingerprint density at radius 1 is 0.863 bits per heavy atom. The molecular weight excluding hydrogens is 984 g/mol. The summed E-state index contributed by atoms with van der Waals surface area (Å²) >= 11 is 12.7. The lowest BCUT2D eigenvalue weighted by atomic mass is 10.0. The molecule has 3 aliphatic heterocycles. The lowest BCUT2D eigenvalue weighted by molar-refractivity contribution is -0.136. The van der Waals surface area contributed by atoms with E-state index in [0.29, 0.717) is 114 Å². The number of nitrogens with one attached hydrogen (secondary N) is 3. The summed E-state index contributed by atoms with van der Waals surface area (Å²) in [6.07, 6.45) is 6.53. The maximum absolute atomic E-state index is 13.3. The summed E-state index contributed by atoms with van der Waals surface area (Å²) in [5.41, 5.74) is 2.23. The molecule has 0 radical (unpaired) electrons. The summed E-state index contributed by atoms with van der Waals surface area (Å²) in [5, 5.41) is 19.4. The smallest absolute Gasteiger partial charge is 0.264 e. The van der Waals surface area contributed by atoms with Gasteiger partial charge in [-0.05, 0) is 69.7 Å². The number of benzene rings is 3. The first-order valence-electron chi connectivity index (χ1n) is 24.5. The van der Waals surface area contributed by atoms with Gasteiger partial charge < -0.3 is 39.2 Å². The van der Waals surface area contributed by atoms with Gasteiger partial charge in [0.2, 0.25) is 23.6 Å². The molecule has 3 aromatic carbocycles. The third-order valence-electron chi connectivity index (χ3n) is 12.9. The van der Waals surface area contributed by atoms with Crippen molar-refractivity contribution in [2.24, 2.45) is 0 Å². The zero-order chi connectivity index (χ0) is 52.0. The minimum Gasteiger partial charge on any atom is -0.495 e. The van der Waals surface area contributed by atoms with E-state index in [1.807, 2.05) is 11.8 Å². The fourth-order valence-corrected chi connectivity index (χ4v) is 9.50. The lowest BCUT2D eigenvalue weighted by Gasteiger charge is -2.34. The Labute approximate surface area is 433 Å². The van der Waals surface area contributed by atoms with Crippen molar-refractivity contribution in [3.8, 4) is 23.3 Å². The van der Waals surface area contributed by atoms with E-state index in [4.69, 9.17) is 46.9 Å². The number of unbranched alkanes of at least 4 members (excludes halogenated alkanes) is 2. The number of imide groups is 2. The quantitative estimate of drug-likeness (QED) is 0.0437. The van der Waals surface area contributed by atoms with Crippen LogP contribution in [0.4, 0.5) is 17.1 Å². The van der Waals surface area contributed by atoms with E-state index in [0.717, 1.165) is 50.2 Å². The monoisotopic (exact) mass is 1040 g/mol. The number of aromatic nitrogens is 1. The summed E-state index contributed by atoms with van der Waals surface area (Å²) in [6.45, 7) is 7.53. The van der Waals surface area contributed by atoms with Crippen LogP contribution in [0.25, 0.3) is 10.9 Å². The van der Waals surface area contributed by atoms with E-state index in [9.17, 15) is 34.0 Å². The highest BCUT2D eigenvalue weighted by Gasteiger charge is 2.45. The number of nitriles is 1. The lowest BCUT2D eigenvalue weighted by Crippen LogP contribution is -2.54. The first-order valence-corrected chi connectivity index (χ1v) is 25.2. The minimum absolute atomic E-state index is 0.0152. The number of hydrogen-bond donors (Lipinski definition) is 3. The fourth-order valence-electron chi connectivity index (χ4n) is 8.99. The fraction of sp³-hybridized carbons (Fsp3) is 0.462. The number of ether oxygens (including phenoxy) is 5. The number of anilines is 3. The molecule has 19 nitrogen and oxygen atoms in total. The van der Waals surface area contributed by atoms with Crippen LogP contribution in [0.5, 0.6) is 17.2 Å². The number of rotatable bonds is 25. The number of fused-ring (bicyclic) bond motifs is 2. The van der Waals surface area contributed by atoms with Crippen molar-refractivity contribution in [1.29, 1.82) is 5.26 Å². The van der Waals surface area contributed by atoms with Crippen LogP contribution in [0.1, 0.15) is 97.4 Å². The van der Waals surface area contributed by atoms with E-state index >= 15 is 0 Å². The molecule has 2 saturated heterocycles. The molecule has 21 heteroatoms. The zero-order valence-corrected chi connectivity index (χ0v) is 42.7. The molecule has 0 aliphatic carbocycles. The maximum Gasteiger partial charge on any atom is 0.264 e. The number of pyridine rings is 1. The Morgan fingerprint density at radius 3 is 2.41 bits per heavy atom. The second-order valence-corrected chi connectivity index (χ2v) is 18.7. The van der Waals surface area contributed by atoms with E-state index in [-0.39, 0.29) is 54.0 Å². The largest absolute Gasteiger partial charge is 0.495 e. The van der Waals surface area contributed by atoms with Crippen LogP contribution in [-0.2, 0) is 28.7 Å². The molecule has 4 aromatic rings. The molecule has 3 aliphatic rings. The molecule has 1 aromatic heterocycles. The van der Waals surface area contributed by atoms with Crippen molar-refractivity contribution in [1.82, 2.24) is 25.0 Å². The van der Waals surface area contributed by atoms with Gasteiger partial charge in [0.15, 0.2) is 11.5 Å². The predicted molar refractivity (Wildman–Crippen MR) is 273 cm³/mol. The molecule has 6 amide bonds. The van der Waals surface area contributed by atoms with E-state index in [1.54, 1.807) is 43.5 Å². The Bertz CT molecular complexity index is 2750. The molecule has 2 unspecified atom stereocenters. The molecule has 0 bridgehead atoms. The third-order valence-corrected chi connectivity index (χ3v) is 13.6. The van der Waals surface area contributed by atoms with Gasteiger partial charge >= 0.3 is 0 Å². The Morgan fingerprint density at radius 2 is 1.66 bits per heavy atom. The first-order chi connectivity index (χ1) is 35.3. The standard InChI is InChI=1S/C52H60Cl2N8O11/c1-32(10-7-13-45(63)57-38-12-8-11-34-48(38)52(68)62(51(34)67)41-15-16-46(64)59-50(41)66)72-25-24-71-22-6-4-5-14-47(65)61-20-18-60(19-21-61)17-9-23-73-44-28-39-35(26-43(44)70-3)49(33(30-55)31-56-39)58-40-29-42(69-2)37(54)27-36(40)53/h8,11-12,26-29,31-32,41H,4-7,9-10,13-25H2,1-3H3,(H,56,58)(H,57,63)(H,59,64,66). The number of carbonyl (C=O) groups is 6. The summed E-state index contributed by atoms with van der Waals surface area (Å²) in [4.78, 5) is 85.9. The number of hydrogen-bond acceptors (Lipinski definition) is 15. The van der Waals surface area contributed by atoms with Crippen LogP contribution in [0, 0.1) is 11.3 Å². The van der Waals surface area contributed by atoms with Crippen LogP contribution in [-0.4, -0.2) is 141 Å². The summed E-state index contributed by atoms with van der Waals surface area (Å²) in [5.74, 6) is -1.18. The van der Waals surface area contributed by atoms with Gasteiger partial charge in [0.05, 0.1) is 89.5 Å². The third kappa shape index (κ3) is 13.7. The van der Waals surface area contributed by atoms with Gasteiger partial charge in [0, 0.05) is 82.3 Å². The average Bonchev–Trinajstić information content (AvgIpc) is 3.63. The Balaban J connectivity index is 0.717. The van der Waals surface area contributed by atoms with Gasteiger partial charge in [-0.3, -0.25) is 48.9 Å². The SMILES string of the molecule is COc1cc(Nc2c(C#N)cnc3cc(OCCCN4CCN(C(=O)CCCCCOCCOC(C)CCCC(=O)Nc5cccc6c5C(=O)N(C5CCC(=O)NC5=O)C6=O)CC4)c(OC)cc23)c(Cl)cc1Cl. The number of methoxy groups -OCH3 is 2. The van der Waals surface area contributed by atoms with Gasteiger partial charge in [-0.25, -0.2) is 0 Å². The van der Waals surface area contributed by atoms with Gasteiger partial charge in [-0.15, -0.1) is 0 Å². The van der Waals surface area contributed by atoms with Crippen molar-refractivity contribution < 1.29 is 52.5 Å². The molecule has 2 fully saturated rings. The van der Waals surface area contributed by atoms with E-state index in [2.05, 4.69) is 31.9 Å². The van der Waals surface area contributed by atoms with Crippen LogP contribution >= 0.6 is 23.2 Å². The Hall–Kier alpha value is -6.56. The molecule has 0 spiro atoms. The molecule has 3 N–H and O–H groups in total. The van der Waals surface area contributed by atoms with Crippen molar-refractivity contribution in [3.63, 3.8) is 0 Å². The van der Waals surface area contributed by atoms with Crippen LogP contribution in [0.3, 0.4) is 0 Å². The van der Waals surface area contributed by atoms with Crippen molar-refractivity contribution >= 4 is 86.6 Å². The highest BCUT2D eigenvalue weighted by molar-refractivity contribution is 6.37. The van der Waals surface area contributed by atoms with Gasteiger partial charge in [0.25, 0.3) is 11.8 Å². The zero-order valence-electron chi connectivity index (χ0n) is 41.2. The number of halogens is 2. The number of carbonyl (C=O) groups excluding carboxylic acids is 6. The summed E-state index contributed by atoms with van der Waals surface area (Å²) in [6, 6.07) is 12.5. The predicted octanol–water partition coefficient (Wildman–Crippen LogP) is 7.28. The van der Waals surface area contributed by atoms with Gasteiger partial charge in [-0.2, -0.15) is 5.26 Å². The number of nitrogens with zero attached hydrogens (tertiary/aromatic N) is 5. The van der Waals surface area contributed by atoms with Crippen molar-refractivity contribution in [2.45, 2.75) is 83.3 Å². The normalized spacial score (nSPS) is 16.2. The molecule has 2 atom stereocenters. The molecule has 4 heterocycles. The highest BCUT2D eigenvalue weighted by Crippen LogP contribution is 2.41. The number of piperidine rings is 1. The molecule has 73 heavy (non-hydrogen) atoms. The average molecular weight is 1040 g/mol. The van der Waals surface area contributed by atoms with E-state index in [1.165, 1.54) is 19.4 Å². The number of amides is 6. The highest BCUT2D eigenvalue weighted by atomic mass is 35.5. The van der Waals surface area contributed by atoms with Crippen LogP contribution in [0.15, 0.2) is 48.7 Å². The van der Waals surface area contributed by atoms with Gasteiger partial charge in [0.1, 0.15) is 17.9 Å². The van der Waals surface area contributed by atoms with E-state index < -0.39 is 29.7 Å². The van der Waals surface area contributed by atoms with Gasteiger partial charge in [-0.1, -0.05) is 35.7 Å². The topological polar surface area (TPSA) is 231 Å². The van der Waals surface area contributed by atoms with Crippen LogP contribution in [0.2, 0.25) is 10.0 Å². The maximum atomic E-state index is 13.3. The molecular formula is C52H60Cl2N8O11. The van der Waals surface area contributed by atoms with Crippen molar-refractivity contribution in [2.75, 3.05) is 84.0 Å². The molecule has 7 rings (SSSR count). The summed E-state index contributed by atoms with van der Waals surface area (Å²) < 4.78 is 28.8. The first kappa shape index (κ1) is 54.2. The van der Waals surface area contributed by atoms with Crippen LogP contribution < -0.4 is 30.2 Å². The van der Waals surface area contributed by atoms with Crippen molar-refractivity contribution in [3.05, 3.63) is 75.4 Å². The molecule has 0 saturated carbocycles. The minimum atomic E-state index is -1.09. The number of piperazine rings is 1.